The number of nitrogens with zero attached hydrogens (tertiary/aromatic N) is 3. The molecule has 1 aromatic heterocycles. The molecule has 11 heteroatoms. The van der Waals surface area contributed by atoms with E-state index in [1.807, 2.05) is 0 Å². The van der Waals surface area contributed by atoms with Crippen LogP contribution in [0.15, 0.2) is 24.3 Å². The van der Waals surface area contributed by atoms with Crippen LogP contribution in [0.2, 0.25) is 0 Å². The number of ether oxygens (including phenoxy) is 1. The van der Waals surface area contributed by atoms with Crippen molar-refractivity contribution < 1.29 is 19.5 Å². The molecule has 0 atom stereocenters. The molecule has 2 aromatic rings. The van der Waals surface area contributed by atoms with E-state index >= 15 is 0 Å². The molecule has 0 aliphatic heterocycles. The van der Waals surface area contributed by atoms with Crippen LogP contribution in [0, 0.1) is 11.3 Å². The fourth-order valence-electron chi connectivity index (χ4n) is 2.80. The maximum Gasteiger partial charge on any atom is 0.284 e. The zero-order valence-corrected chi connectivity index (χ0v) is 18.0. The third-order valence-corrected chi connectivity index (χ3v) is 4.38. The smallest absolute Gasteiger partial charge is 0.284 e. The second kappa shape index (κ2) is 9.89. The standard InChI is InChI=1S/C20H24N6O4.ClH/c1-20(2,28)10-29-26-18(27)15-16(23)24-17(12-5-3-4-11(6-12)9-21)25-19(15)30-14-7-13(22)8-14;/h3-6,13-14,28H,7-8,10,22H2,1-2H3,(H,26,27)(H2,23,24,25);1H. The lowest BCUT2D eigenvalue weighted by Crippen LogP contribution is -2.44. The Balaban J connectivity index is 0.00000341. The number of nitrogen functional groups attached to an aromatic ring is 1. The van der Waals surface area contributed by atoms with Crippen molar-refractivity contribution in [2.45, 2.75) is 44.4 Å². The van der Waals surface area contributed by atoms with E-state index in [9.17, 15) is 9.90 Å². The summed E-state index contributed by atoms with van der Waals surface area (Å²) in [5, 5.41) is 18.8. The normalized spacial score (nSPS) is 17.6. The van der Waals surface area contributed by atoms with Crippen molar-refractivity contribution in [2.24, 2.45) is 5.73 Å². The number of amides is 1. The lowest BCUT2D eigenvalue weighted by atomic mass is 9.90. The highest BCUT2D eigenvalue weighted by Crippen LogP contribution is 2.30. The van der Waals surface area contributed by atoms with E-state index in [0.717, 1.165) is 0 Å². The van der Waals surface area contributed by atoms with Gasteiger partial charge in [0.2, 0.25) is 5.88 Å². The van der Waals surface area contributed by atoms with E-state index in [1.54, 1.807) is 24.3 Å². The van der Waals surface area contributed by atoms with Gasteiger partial charge >= 0.3 is 0 Å². The fourth-order valence-corrected chi connectivity index (χ4v) is 2.80. The lowest BCUT2D eigenvalue weighted by molar-refractivity contribution is -0.0523. The van der Waals surface area contributed by atoms with Gasteiger partial charge in [0.1, 0.15) is 24.1 Å². The molecule has 3 rings (SSSR count). The number of benzene rings is 1. The maximum atomic E-state index is 12.6. The minimum atomic E-state index is -1.13. The van der Waals surface area contributed by atoms with Crippen LogP contribution in [-0.4, -0.2) is 45.3 Å². The van der Waals surface area contributed by atoms with Gasteiger partial charge in [-0.15, -0.1) is 12.4 Å². The summed E-state index contributed by atoms with van der Waals surface area (Å²) in [5.41, 5.74) is 13.9. The minimum Gasteiger partial charge on any atom is -0.474 e. The van der Waals surface area contributed by atoms with E-state index in [1.165, 1.54) is 13.8 Å². The molecule has 0 unspecified atom stereocenters. The van der Waals surface area contributed by atoms with Crippen molar-refractivity contribution in [1.82, 2.24) is 15.4 Å². The third-order valence-electron chi connectivity index (χ3n) is 4.38. The molecule has 1 aliphatic rings. The van der Waals surface area contributed by atoms with Crippen LogP contribution in [0.4, 0.5) is 5.82 Å². The number of nitriles is 1. The molecule has 0 bridgehead atoms. The Labute approximate surface area is 185 Å². The van der Waals surface area contributed by atoms with Crippen LogP contribution in [0.3, 0.4) is 0 Å². The Hall–Kier alpha value is -2.97. The van der Waals surface area contributed by atoms with Gasteiger partial charge in [-0.05, 0) is 38.8 Å². The number of nitrogens with two attached hydrogens (primary N) is 2. The SMILES string of the molecule is CC(C)(O)CONC(=O)c1c(N)nc(-c2cccc(C#N)c2)nc1OC1CC(N)C1.Cl. The van der Waals surface area contributed by atoms with Gasteiger partial charge in [-0.3, -0.25) is 9.63 Å². The van der Waals surface area contributed by atoms with Gasteiger partial charge in [-0.2, -0.15) is 10.2 Å². The highest BCUT2D eigenvalue weighted by atomic mass is 35.5. The molecule has 1 heterocycles. The fraction of sp³-hybridized carbons (Fsp3) is 0.400. The maximum absolute atomic E-state index is 12.6. The molecule has 6 N–H and O–H groups in total. The number of hydroxylamine groups is 1. The van der Waals surface area contributed by atoms with Crippen LogP contribution in [0.25, 0.3) is 11.4 Å². The van der Waals surface area contributed by atoms with Crippen LogP contribution in [-0.2, 0) is 4.84 Å². The first-order chi connectivity index (χ1) is 14.2. The molecule has 1 aromatic carbocycles. The lowest BCUT2D eigenvalue weighted by Gasteiger charge is -2.32. The molecule has 1 aliphatic carbocycles. The van der Waals surface area contributed by atoms with Gasteiger partial charge in [0, 0.05) is 11.6 Å². The van der Waals surface area contributed by atoms with Gasteiger partial charge in [-0.1, -0.05) is 12.1 Å². The first kappa shape index (κ1) is 24.3. The third kappa shape index (κ3) is 6.26. The number of aromatic nitrogens is 2. The van der Waals surface area contributed by atoms with Gasteiger partial charge in [-0.25, -0.2) is 10.5 Å². The summed E-state index contributed by atoms with van der Waals surface area (Å²) in [4.78, 5) is 26.3. The van der Waals surface area contributed by atoms with Crippen molar-refractivity contribution in [3.8, 4) is 23.3 Å². The Morgan fingerprint density at radius 3 is 2.71 bits per heavy atom. The first-order valence-corrected chi connectivity index (χ1v) is 9.41. The van der Waals surface area contributed by atoms with Gasteiger partial charge < -0.3 is 21.3 Å². The number of carbonyl (C=O) groups is 1. The van der Waals surface area contributed by atoms with Gasteiger partial charge in [0.15, 0.2) is 5.82 Å². The van der Waals surface area contributed by atoms with E-state index in [0.29, 0.717) is 24.0 Å². The highest BCUT2D eigenvalue weighted by Gasteiger charge is 2.31. The topological polar surface area (TPSA) is 169 Å². The zero-order valence-electron chi connectivity index (χ0n) is 17.2. The summed E-state index contributed by atoms with van der Waals surface area (Å²) in [6.07, 6.45) is 1.05. The van der Waals surface area contributed by atoms with Gasteiger partial charge in [0.05, 0.1) is 17.2 Å². The summed E-state index contributed by atoms with van der Waals surface area (Å²) in [6.45, 7) is 2.94. The van der Waals surface area contributed by atoms with Crippen LogP contribution >= 0.6 is 12.4 Å². The Bertz CT molecular complexity index is 983. The quantitative estimate of drug-likeness (QED) is 0.456. The molecule has 166 valence electrons. The largest absolute Gasteiger partial charge is 0.474 e. The Morgan fingerprint density at radius 1 is 1.39 bits per heavy atom. The molecule has 0 radical (unpaired) electrons. The Kier molecular flexibility index (Phi) is 7.75. The average molecular weight is 449 g/mol. The summed E-state index contributed by atoms with van der Waals surface area (Å²) in [5.74, 6) is -0.587. The molecule has 1 saturated carbocycles. The number of nitrogens with one attached hydrogen (secondary N) is 1. The second-order valence-electron chi connectivity index (χ2n) is 7.81. The van der Waals surface area contributed by atoms with E-state index < -0.39 is 11.5 Å². The summed E-state index contributed by atoms with van der Waals surface area (Å²) < 4.78 is 5.88. The summed E-state index contributed by atoms with van der Waals surface area (Å²) >= 11 is 0. The minimum absolute atomic E-state index is 0. The Morgan fingerprint density at radius 2 is 2.10 bits per heavy atom. The predicted octanol–water partition coefficient (Wildman–Crippen LogP) is 1.32. The van der Waals surface area contributed by atoms with Crippen LogP contribution in [0.5, 0.6) is 5.88 Å². The summed E-state index contributed by atoms with van der Waals surface area (Å²) in [6, 6.07) is 8.78. The van der Waals surface area contributed by atoms with Crippen LogP contribution in [0.1, 0.15) is 42.6 Å². The molecule has 1 fully saturated rings. The number of halogens is 1. The van der Waals surface area contributed by atoms with Crippen molar-refractivity contribution in [3.05, 3.63) is 35.4 Å². The molecular formula is C20H25ClN6O4. The number of rotatable bonds is 7. The molecule has 1 amide bonds. The molecule has 31 heavy (non-hydrogen) atoms. The molecular weight excluding hydrogens is 424 g/mol. The first-order valence-electron chi connectivity index (χ1n) is 9.41. The zero-order chi connectivity index (χ0) is 21.9. The second-order valence-corrected chi connectivity index (χ2v) is 7.81. The van der Waals surface area contributed by atoms with Crippen molar-refractivity contribution in [2.75, 3.05) is 12.3 Å². The number of carbonyl (C=O) groups excluding carboxylic acids is 1. The van der Waals surface area contributed by atoms with E-state index in [2.05, 4.69) is 21.5 Å². The van der Waals surface area contributed by atoms with Crippen molar-refractivity contribution in [1.29, 1.82) is 5.26 Å². The highest BCUT2D eigenvalue weighted by molar-refractivity contribution is 6.00. The van der Waals surface area contributed by atoms with Crippen LogP contribution < -0.4 is 21.7 Å². The van der Waals surface area contributed by atoms with Crippen molar-refractivity contribution >= 4 is 24.1 Å². The molecule has 0 spiro atoms. The van der Waals surface area contributed by atoms with E-state index in [-0.39, 0.29) is 54.2 Å². The van der Waals surface area contributed by atoms with Gasteiger partial charge in [0.25, 0.3) is 5.91 Å². The van der Waals surface area contributed by atoms with E-state index in [4.69, 9.17) is 26.3 Å². The summed E-state index contributed by atoms with van der Waals surface area (Å²) in [7, 11) is 0. The van der Waals surface area contributed by atoms with Crippen molar-refractivity contribution in [3.63, 3.8) is 0 Å². The predicted molar refractivity (Wildman–Crippen MR) is 115 cm³/mol. The number of anilines is 1. The number of hydrogen-bond acceptors (Lipinski definition) is 9. The molecule has 10 nitrogen and oxygen atoms in total. The monoisotopic (exact) mass is 448 g/mol. The number of aliphatic hydroxyl groups is 1. The molecule has 0 saturated heterocycles. The average Bonchev–Trinajstić information content (AvgIpc) is 2.65. The number of hydrogen-bond donors (Lipinski definition) is 4.